The van der Waals surface area contributed by atoms with E-state index in [1.165, 1.54) is 17.3 Å². The molecule has 0 atom stereocenters. The second-order valence-electron chi connectivity index (χ2n) is 1.68. The predicted octanol–water partition coefficient (Wildman–Crippen LogP) is -0.554. The van der Waals surface area contributed by atoms with Gasteiger partial charge in [-0.2, -0.15) is 5.10 Å². The van der Waals surface area contributed by atoms with Gasteiger partial charge < -0.3 is 10.9 Å². The van der Waals surface area contributed by atoms with Crippen molar-refractivity contribution in [3.63, 3.8) is 0 Å². The van der Waals surface area contributed by atoms with Crippen LogP contribution in [0.15, 0.2) is 17.8 Å². The van der Waals surface area contributed by atoms with Crippen LogP contribution in [0.3, 0.4) is 0 Å². The third kappa shape index (κ3) is 2.85. The van der Waals surface area contributed by atoms with Gasteiger partial charge in [0, 0.05) is 0 Å². The predicted molar refractivity (Wildman–Crippen MR) is 40.7 cm³/mol. The molecule has 0 radical (unpaired) electrons. The normalized spacial score (nSPS) is 10.7. The molecule has 0 amide bonds. The highest BCUT2D eigenvalue weighted by Gasteiger charge is 1.93. The zero-order valence-electron chi connectivity index (χ0n) is 5.58. The summed E-state index contributed by atoms with van der Waals surface area (Å²) in [5.74, 6) is 0.102. The Balaban J connectivity index is 0.000001000. The summed E-state index contributed by atoms with van der Waals surface area (Å²) >= 11 is 0. The van der Waals surface area contributed by atoms with E-state index in [0.29, 0.717) is 0 Å². The average Bonchev–Trinajstić information content (AvgIpc) is 2.40. The smallest absolute Gasteiger partial charge is 0.160 e. The van der Waals surface area contributed by atoms with Crippen LogP contribution in [0.1, 0.15) is 0 Å². The Morgan fingerprint density at radius 1 is 1.73 bits per heavy atom. The fourth-order valence-electron chi connectivity index (χ4n) is 0.512. The summed E-state index contributed by atoms with van der Waals surface area (Å²) < 4.78 is 1.45. The maximum atomic E-state index is 8.14. The molecule has 0 saturated carbocycles. The Morgan fingerprint density at radius 3 is 2.91 bits per heavy atom. The van der Waals surface area contributed by atoms with E-state index in [1.807, 2.05) is 0 Å². The van der Waals surface area contributed by atoms with Gasteiger partial charge in [-0.05, 0) is 0 Å². The molecule has 0 aliphatic rings. The van der Waals surface area contributed by atoms with E-state index in [4.69, 9.17) is 10.9 Å². The van der Waals surface area contributed by atoms with Crippen LogP contribution in [-0.4, -0.2) is 25.8 Å². The lowest BCUT2D eigenvalue weighted by molar-refractivity contribution is 0.316. The van der Waals surface area contributed by atoms with Crippen LogP contribution in [0.2, 0.25) is 0 Å². The molecule has 1 rings (SSSR count). The van der Waals surface area contributed by atoms with Crippen LogP contribution in [0, 0.1) is 0 Å². The van der Waals surface area contributed by atoms with Crippen LogP contribution in [-0.2, 0) is 6.54 Å². The van der Waals surface area contributed by atoms with Crippen molar-refractivity contribution in [2.45, 2.75) is 6.54 Å². The summed E-state index contributed by atoms with van der Waals surface area (Å²) in [6.07, 6.45) is 2.86. The second kappa shape index (κ2) is 4.51. The van der Waals surface area contributed by atoms with Crippen LogP contribution in [0.5, 0.6) is 0 Å². The van der Waals surface area contributed by atoms with Crippen LogP contribution >= 0.6 is 12.4 Å². The highest BCUT2D eigenvalue weighted by Crippen LogP contribution is 1.78. The van der Waals surface area contributed by atoms with Crippen molar-refractivity contribution in [3.8, 4) is 0 Å². The van der Waals surface area contributed by atoms with Gasteiger partial charge in [0.05, 0.1) is 0 Å². The first-order chi connectivity index (χ1) is 4.83. The van der Waals surface area contributed by atoms with Gasteiger partial charge in [0.2, 0.25) is 0 Å². The maximum absolute atomic E-state index is 8.14. The Morgan fingerprint density at radius 2 is 2.45 bits per heavy atom. The Bertz CT molecular complexity index is 220. The lowest BCUT2D eigenvalue weighted by Crippen LogP contribution is -2.19. The van der Waals surface area contributed by atoms with Crippen LogP contribution in [0.4, 0.5) is 0 Å². The number of hydrogen-bond donors (Lipinski definition) is 2. The summed E-state index contributed by atoms with van der Waals surface area (Å²) in [6.45, 7) is 0.260. The lowest BCUT2D eigenvalue weighted by Gasteiger charge is -1.95. The van der Waals surface area contributed by atoms with Crippen molar-refractivity contribution in [1.29, 1.82) is 0 Å². The highest BCUT2D eigenvalue weighted by molar-refractivity contribution is 5.85. The molecule has 1 aromatic rings. The number of nitrogens with two attached hydrogens (primary N) is 1. The van der Waals surface area contributed by atoms with E-state index in [2.05, 4.69) is 15.2 Å². The van der Waals surface area contributed by atoms with Crippen molar-refractivity contribution >= 4 is 18.2 Å². The molecule has 0 unspecified atom stereocenters. The molecule has 0 bridgehead atoms. The van der Waals surface area contributed by atoms with E-state index >= 15 is 0 Å². The number of hydrogen-bond acceptors (Lipinski definition) is 4. The summed E-state index contributed by atoms with van der Waals surface area (Å²) in [4.78, 5) is 3.67. The summed E-state index contributed by atoms with van der Waals surface area (Å²) in [6, 6.07) is 0. The van der Waals surface area contributed by atoms with Gasteiger partial charge in [-0.25, -0.2) is 9.67 Å². The largest absolute Gasteiger partial charge is 0.409 e. The van der Waals surface area contributed by atoms with Gasteiger partial charge in [0.15, 0.2) is 5.84 Å². The maximum Gasteiger partial charge on any atom is 0.160 e. The number of nitrogens with zero attached hydrogens (tertiary/aromatic N) is 4. The van der Waals surface area contributed by atoms with Gasteiger partial charge in [0.1, 0.15) is 19.2 Å². The highest BCUT2D eigenvalue weighted by atomic mass is 35.5. The minimum Gasteiger partial charge on any atom is -0.409 e. The fraction of sp³-hybridized carbons (Fsp3) is 0.250. The van der Waals surface area contributed by atoms with Gasteiger partial charge in [0.25, 0.3) is 0 Å². The quantitative estimate of drug-likeness (QED) is 0.275. The summed E-state index contributed by atoms with van der Waals surface area (Å²) in [5, 5.41) is 14.6. The minimum atomic E-state index is 0. The zero-order chi connectivity index (χ0) is 7.40. The number of halogens is 1. The van der Waals surface area contributed by atoms with Gasteiger partial charge in [-0.3, -0.25) is 0 Å². The topological polar surface area (TPSA) is 89.3 Å². The molecule has 0 fully saturated rings. The summed E-state index contributed by atoms with van der Waals surface area (Å²) in [5.41, 5.74) is 5.18. The van der Waals surface area contributed by atoms with E-state index < -0.39 is 0 Å². The molecule has 11 heavy (non-hydrogen) atoms. The number of aromatic nitrogens is 3. The average molecular weight is 178 g/mol. The first-order valence-corrected chi connectivity index (χ1v) is 2.61. The van der Waals surface area contributed by atoms with Gasteiger partial charge in [-0.1, -0.05) is 5.16 Å². The van der Waals surface area contributed by atoms with E-state index in [0.717, 1.165) is 0 Å². The monoisotopic (exact) mass is 177 g/mol. The molecular formula is C4H8ClN5O. The number of amidine groups is 1. The molecule has 3 N–H and O–H groups in total. The molecule has 0 saturated heterocycles. The molecule has 1 heterocycles. The molecule has 62 valence electrons. The SMILES string of the molecule is Cl.N/C(Cn1cncn1)=N\O. The van der Waals surface area contributed by atoms with Crippen LogP contribution in [0.25, 0.3) is 0 Å². The summed E-state index contributed by atoms with van der Waals surface area (Å²) in [7, 11) is 0. The van der Waals surface area contributed by atoms with Crippen molar-refractivity contribution in [2.75, 3.05) is 0 Å². The molecule has 6 nitrogen and oxygen atoms in total. The fourth-order valence-corrected chi connectivity index (χ4v) is 0.512. The number of oxime groups is 1. The Hall–Kier alpha value is -1.30. The number of rotatable bonds is 2. The first kappa shape index (κ1) is 9.70. The van der Waals surface area contributed by atoms with E-state index in [-0.39, 0.29) is 24.8 Å². The minimum absolute atomic E-state index is 0. The van der Waals surface area contributed by atoms with E-state index in [1.54, 1.807) is 0 Å². The zero-order valence-corrected chi connectivity index (χ0v) is 6.40. The Labute approximate surface area is 69.1 Å². The third-order valence-electron chi connectivity index (χ3n) is 0.919. The molecule has 7 heteroatoms. The molecule has 0 aromatic carbocycles. The van der Waals surface area contributed by atoms with Gasteiger partial charge in [-0.15, -0.1) is 12.4 Å². The van der Waals surface area contributed by atoms with Crippen molar-refractivity contribution in [2.24, 2.45) is 10.9 Å². The molecule has 1 aromatic heterocycles. The van der Waals surface area contributed by atoms with Crippen LogP contribution < -0.4 is 5.73 Å². The lowest BCUT2D eigenvalue weighted by atomic mass is 10.6. The second-order valence-corrected chi connectivity index (χ2v) is 1.68. The van der Waals surface area contributed by atoms with E-state index in [9.17, 15) is 0 Å². The molecule has 0 aliphatic heterocycles. The molecule has 0 aliphatic carbocycles. The first-order valence-electron chi connectivity index (χ1n) is 2.61. The van der Waals surface area contributed by atoms with Crippen molar-refractivity contribution in [1.82, 2.24) is 14.8 Å². The Kier molecular flexibility index (Phi) is 3.97. The van der Waals surface area contributed by atoms with Gasteiger partial charge >= 0.3 is 0 Å². The third-order valence-corrected chi connectivity index (χ3v) is 0.919. The standard InChI is InChI=1S/C4H7N5O.ClH/c5-4(8-10)1-9-3-6-2-7-9;/h2-3,10H,1H2,(H2,5,8);1H. The molecule has 0 spiro atoms. The van der Waals surface area contributed by atoms with Crippen molar-refractivity contribution < 1.29 is 5.21 Å². The molecular weight excluding hydrogens is 170 g/mol. The van der Waals surface area contributed by atoms with Crippen molar-refractivity contribution in [3.05, 3.63) is 12.7 Å².